The summed E-state index contributed by atoms with van der Waals surface area (Å²) in [7, 11) is 1.20. The van der Waals surface area contributed by atoms with Crippen molar-refractivity contribution in [3.63, 3.8) is 0 Å². The molecule has 0 aliphatic rings. The molecule has 1 unspecified atom stereocenters. The Labute approximate surface area is 114 Å². The molecule has 1 atom stereocenters. The van der Waals surface area contributed by atoms with Gasteiger partial charge in [0.05, 0.1) is 17.7 Å². The van der Waals surface area contributed by atoms with Crippen molar-refractivity contribution in [2.45, 2.75) is 5.38 Å². The van der Waals surface area contributed by atoms with Crippen LogP contribution >= 0.6 is 23.2 Å². The highest BCUT2D eigenvalue weighted by Crippen LogP contribution is 2.20. The molecule has 0 aliphatic carbocycles. The van der Waals surface area contributed by atoms with Gasteiger partial charge in [-0.3, -0.25) is 9.59 Å². The zero-order valence-electron chi connectivity index (χ0n) is 9.44. The number of nitrogens with one attached hydrogen (secondary N) is 1. The number of benzene rings is 1. The van der Waals surface area contributed by atoms with E-state index in [9.17, 15) is 14.7 Å². The fraction of sp³-hybridized carbons (Fsp3) is 0.273. The van der Waals surface area contributed by atoms with Crippen LogP contribution < -0.4 is 5.32 Å². The van der Waals surface area contributed by atoms with E-state index in [1.807, 2.05) is 0 Å². The van der Waals surface area contributed by atoms with Crippen LogP contribution in [-0.4, -0.2) is 36.0 Å². The van der Waals surface area contributed by atoms with Crippen molar-refractivity contribution in [3.05, 3.63) is 28.8 Å². The van der Waals surface area contributed by atoms with Gasteiger partial charge in [-0.05, 0) is 18.2 Å². The first-order valence-electron chi connectivity index (χ1n) is 4.94. The fourth-order valence-corrected chi connectivity index (χ4v) is 1.55. The number of rotatable bonds is 4. The third-order valence-electron chi connectivity index (χ3n) is 2.09. The maximum atomic E-state index is 11.7. The van der Waals surface area contributed by atoms with Gasteiger partial charge in [-0.15, -0.1) is 11.6 Å². The lowest BCUT2D eigenvalue weighted by Crippen LogP contribution is -2.34. The molecule has 0 radical (unpaired) electrons. The lowest BCUT2D eigenvalue weighted by Gasteiger charge is -2.10. The first-order chi connectivity index (χ1) is 8.45. The maximum Gasteiger partial charge on any atom is 0.325 e. The number of halogens is 2. The fourth-order valence-electron chi connectivity index (χ4n) is 1.18. The van der Waals surface area contributed by atoms with Gasteiger partial charge < -0.3 is 15.2 Å². The second-order valence-corrected chi connectivity index (χ2v) is 4.30. The second-order valence-electron chi connectivity index (χ2n) is 3.36. The summed E-state index contributed by atoms with van der Waals surface area (Å²) in [4.78, 5) is 22.7. The molecule has 2 N–H and O–H groups in total. The number of carbonyl (C=O) groups excluding carboxylic acids is 2. The predicted molar refractivity (Wildman–Crippen MR) is 67.1 cm³/mol. The molecule has 7 heteroatoms. The largest absolute Gasteiger partial charge is 0.508 e. The van der Waals surface area contributed by atoms with Crippen molar-refractivity contribution < 1.29 is 19.4 Å². The van der Waals surface area contributed by atoms with Gasteiger partial charge in [0.15, 0.2) is 0 Å². The Hall–Kier alpha value is -1.46. The number of hydrogen-bond donors (Lipinski definition) is 2. The van der Waals surface area contributed by atoms with Crippen LogP contribution in [0.3, 0.4) is 0 Å². The third kappa shape index (κ3) is 3.78. The van der Waals surface area contributed by atoms with Gasteiger partial charge in [-0.2, -0.15) is 0 Å². The lowest BCUT2D eigenvalue weighted by atomic mass is 10.2. The standard InChI is InChI=1S/C11H11Cl2NO4/c1-18-11(17)9(13)5-14-10(16)7-4-6(15)2-3-8(7)12/h2-4,9,15H,5H2,1H3,(H,14,16). The normalized spacial score (nSPS) is 11.7. The average molecular weight is 292 g/mol. The minimum atomic E-state index is -0.977. The van der Waals surface area contributed by atoms with Gasteiger partial charge in [0, 0.05) is 6.54 Å². The molecule has 0 saturated heterocycles. The zero-order chi connectivity index (χ0) is 13.7. The van der Waals surface area contributed by atoms with Gasteiger partial charge in [-0.1, -0.05) is 11.6 Å². The Bertz CT molecular complexity index is 464. The molecular weight excluding hydrogens is 281 g/mol. The van der Waals surface area contributed by atoms with Crippen LogP contribution in [0.25, 0.3) is 0 Å². The van der Waals surface area contributed by atoms with Crippen LogP contribution in [0.1, 0.15) is 10.4 Å². The Kier molecular flexibility index (Phi) is 5.25. The van der Waals surface area contributed by atoms with Crippen LogP contribution in [-0.2, 0) is 9.53 Å². The number of carbonyl (C=O) groups is 2. The molecule has 5 nitrogen and oxygen atoms in total. The van der Waals surface area contributed by atoms with Crippen molar-refractivity contribution in [1.82, 2.24) is 5.32 Å². The van der Waals surface area contributed by atoms with Crippen molar-refractivity contribution in [2.75, 3.05) is 13.7 Å². The summed E-state index contributed by atoms with van der Waals surface area (Å²) >= 11 is 11.5. The highest BCUT2D eigenvalue weighted by atomic mass is 35.5. The summed E-state index contributed by atoms with van der Waals surface area (Å²) in [6, 6.07) is 3.97. The SMILES string of the molecule is COC(=O)C(Cl)CNC(=O)c1cc(O)ccc1Cl. The maximum absolute atomic E-state index is 11.7. The van der Waals surface area contributed by atoms with Crippen molar-refractivity contribution in [3.8, 4) is 5.75 Å². The number of hydrogen-bond acceptors (Lipinski definition) is 4. The molecule has 0 spiro atoms. The Morgan fingerprint density at radius 2 is 2.17 bits per heavy atom. The Morgan fingerprint density at radius 3 is 2.78 bits per heavy atom. The average Bonchev–Trinajstić information content (AvgIpc) is 2.37. The van der Waals surface area contributed by atoms with E-state index in [-0.39, 0.29) is 22.9 Å². The third-order valence-corrected chi connectivity index (χ3v) is 2.76. The van der Waals surface area contributed by atoms with E-state index in [1.54, 1.807) is 0 Å². The number of ether oxygens (including phenoxy) is 1. The summed E-state index contributed by atoms with van der Waals surface area (Å²) in [6.45, 7) is -0.0982. The van der Waals surface area contributed by atoms with Gasteiger partial charge >= 0.3 is 5.97 Å². The molecule has 0 aliphatic heterocycles. The van der Waals surface area contributed by atoms with Crippen LogP contribution in [0, 0.1) is 0 Å². The highest BCUT2D eigenvalue weighted by molar-refractivity contribution is 6.34. The summed E-state index contributed by atoms with van der Waals surface area (Å²) in [5.41, 5.74) is 0.102. The topological polar surface area (TPSA) is 75.6 Å². The quantitative estimate of drug-likeness (QED) is 0.652. The van der Waals surface area contributed by atoms with Crippen molar-refractivity contribution in [1.29, 1.82) is 0 Å². The summed E-state index contributed by atoms with van der Waals surface area (Å²) < 4.78 is 4.40. The first kappa shape index (κ1) is 14.6. The van der Waals surface area contributed by atoms with Crippen LogP contribution in [0.2, 0.25) is 5.02 Å². The number of methoxy groups -OCH3 is 1. The van der Waals surface area contributed by atoms with Gasteiger partial charge in [-0.25, -0.2) is 0 Å². The van der Waals surface area contributed by atoms with Crippen molar-refractivity contribution in [2.24, 2.45) is 0 Å². The minimum absolute atomic E-state index is 0.0834. The van der Waals surface area contributed by atoms with Gasteiger partial charge in [0.1, 0.15) is 11.1 Å². The number of phenols is 1. The summed E-state index contributed by atoms with van der Waals surface area (Å²) in [6.07, 6.45) is 0. The monoisotopic (exact) mass is 291 g/mol. The molecule has 1 aromatic rings. The van der Waals surface area contributed by atoms with E-state index in [0.717, 1.165) is 0 Å². The summed E-state index contributed by atoms with van der Waals surface area (Å²) in [5, 5.41) is 10.9. The molecular formula is C11H11Cl2NO4. The van der Waals surface area contributed by atoms with Crippen LogP contribution in [0.5, 0.6) is 5.75 Å². The first-order valence-corrected chi connectivity index (χ1v) is 5.75. The molecule has 1 aromatic carbocycles. The zero-order valence-corrected chi connectivity index (χ0v) is 11.0. The molecule has 18 heavy (non-hydrogen) atoms. The van der Waals surface area contributed by atoms with E-state index >= 15 is 0 Å². The number of alkyl halides is 1. The number of aromatic hydroxyl groups is 1. The molecule has 1 rings (SSSR count). The van der Waals surface area contributed by atoms with Crippen LogP contribution in [0.4, 0.5) is 0 Å². The van der Waals surface area contributed by atoms with E-state index in [2.05, 4.69) is 10.1 Å². The Balaban J connectivity index is 2.66. The number of amides is 1. The highest BCUT2D eigenvalue weighted by Gasteiger charge is 2.18. The van der Waals surface area contributed by atoms with Gasteiger partial charge in [0.25, 0.3) is 5.91 Å². The smallest absolute Gasteiger partial charge is 0.325 e. The number of esters is 1. The molecule has 98 valence electrons. The predicted octanol–water partition coefficient (Wildman–Crippen LogP) is 1.56. The molecule has 0 heterocycles. The van der Waals surface area contributed by atoms with E-state index < -0.39 is 17.3 Å². The van der Waals surface area contributed by atoms with E-state index in [1.165, 1.54) is 25.3 Å². The molecule has 0 bridgehead atoms. The minimum Gasteiger partial charge on any atom is -0.508 e. The van der Waals surface area contributed by atoms with E-state index in [0.29, 0.717) is 0 Å². The number of phenolic OH excluding ortho intramolecular Hbond substituents is 1. The Morgan fingerprint density at radius 1 is 1.50 bits per heavy atom. The molecule has 0 fully saturated rings. The van der Waals surface area contributed by atoms with Crippen LogP contribution in [0.15, 0.2) is 18.2 Å². The summed E-state index contributed by atoms with van der Waals surface area (Å²) in [5.74, 6) is -1.26. The van der Waals surface area contributed by atoms with Crippen molar-refractivity contribution >= 4 is 35.1 Å². The molecule has 0 saturated carbocycles. The van der Waals surface area contributed by atoms with E-state index in [4.69, 9.17) is 23.2 Å². The van der Waals surface area contributed by atoms with Gasteiger partial charge in [0.2, 0.25) is 0 Å². The molecule has 0 aromatic heterocycles. The lowest BCUT2D eigenvalue weighted by molar-refractivity contribution is -0.140. The second kappa shape index (κ2) is 6.47. The molecule has 1 amide bonds.